The van der Waals surface area contributed by atoms with Crippen LogP contribution in [0.25, 0.3) is 0 Å². The fourth-order valence-electron chi connectivity index (χ4n) is 2.29. The van der Waals surface area contributed by atoms with Gasteiger partial charge in [-0.2, -0.15) is 0 Å². The SMILES string of the molecule is CCCOc1cc(NC2CC2CCC)ccc1N. The van der Waals surface area contributed by atoms with Crippen LogP contribution in [0.15, 0.2) is 18.2 Å². The number of hydrogen-bond donors (Lipinski definition) is 2. The maximum Gasteiger partial charge on any atom is 0.144 e. The topological polar surface area (TPSA) is 47.3 Å². The molecule has 0 saturated heterocycles. The van der Waals surface area contributed by atoms with Gasteiger partial charge in [0.15, 0.2) is 0 Å². The summed E-state index contributed by atoms with van der Waals surface area (Å²) in [4.78, 5) is 0. The maximum atomic E-state index is 5.90. The van der Waals surface area contributed by atoms with E-state index in [2.05, 4.69) is 19.2 Å². The van der Waals surface area contributed by atoms with Crippen molar-refractivity contribution in [3.63, 3.8) is 0 Å². The van der Waals surface area contributed by atoms with Crippen LogP contribution < -0.4 is 15.8 Å². The van der Waals surface area contributed by atoms with Crippen molar-refractivity contribution in [1.29, 1.82) is 0 Å². The molecule has 0 bridgehead atoms. The van der Waals surface area contributed by atoms with Gasteiger partial charge in [0.05, 0.1) is 12.3 Å². The molecule has 0 amide bonds. The third-order valence-corrected chi connectivity index (χ3v) is 3.41. The van der Waals surface area contributed by atoms with Crippen LogP contribution in [0.2, 0.25) is 0 Å². The predicted octanol–water partition coefficient (Wildman–Crippen LogP) is 3.66. The van der Waals surface area contributed by atoms with Gasteiger partial charge in [-0.25, -0.2) is 0 Å². The highest BCUT2D eigenvalue weighted by Gasteiger charge is 2.35. The Balaban J connectivity index is 1.93. The number of nitrogens with one attached hydrogen (secondary N) is 1. The van der Waals surface area contributed by atoms with Crippen LogP contribution in [-0.2, 0) is 0 Å². The van der Waals surface area contributed by atoms with Crippen molar-refractivity contribution in [2.75, 3.05) is 17.7 Å². The molecule has 0 radical (unpaired) electrons. The van der Waals surface area contributed by atoms with Crippen molar-refractivity contribution in [3.8, 4) is 5.75 Å². The molecule has 18 heavy (non-hydrogen) atoms. The lowest BCUT2D eigenvalue weighted by Gasteiger charge is -2.11. The summed E-state index contributed by atoms with van der Waals surface area (Å²) in [6.07, 6.45) is 4.89. The molecule has 0 aliphatic heterocycles. The van der Waals surface area contributed by atoms with Crippen LogP contribution in [0.1, 0.15) is 39.5 Å². The Labute approximate surface area is 110 Å². The Morgan fingerprint density at radius 2 is 2.17 bits per heavy atom. The molecule has 3 nitrogen and oxygen atoms in total. The number of nitrogen functional groups attached to an aromatic ring is 1. The summed E-state index contributed by atoms with van der Waals surface area (Å²) >= 11 is 0. The summed E-state index contributed by atoms with van der Waals surface area (Å²) in [6.45, 7) is 5.06. The molecule has 0 spiro atoms. The minimum absolute atomic E-state index is 0.646. The average molecular weight is 248 g/mol. The molecular weight excluding hydrogens is 224 g/mol. The van der Waals surface area contributed by atoms with Gasteiger partial charge in [-0.1, -0.05) is 20.3 Å². The molecule has 100 valence electrons. The zero-order chi connectivity index (χ0) is 13.0. The third-order valence-electron chi connectivity index (χ3n) is 3.41. The molecule has 2 atom stereocenters. The summed E-state index contributed by atoms with van der Waals surface area (Å²) in [7, 11) is 0. The average Bonchev–Trinajstić information content (AvgIpc) is 3.08. The molecule has 1 aliphatic carbocycles. The Hall–Kier alpha value is -1.38. The molecule has 1 fully saturated rings. The zero-order valence-corrected chi connectivity index (χ0v) is 11.4. The lowest BCUT2D eigenvalue weighted by molar-refractivity contribution is 0.319. The minimum atomic E-state index is 0.646. The van der Waals surface area contributed by atoms with Crippen molar-refractivity contribution in [1.82, 2.24) is 0 Å². The number of nitrogens with two attached hydrogens (primary N) is 1. The van der Waals surface area contributed by atoms with Crippen molar-refractivity contribution >= 4 is 11.4 Å². The van der Waals surface area contributed by atoms with Gasteiger partial charge in [-0.05, 0) is 37.3 Å². The van der Waals surface area contributed by atoms with Gasteiger partial charge < -0.3 is 15.8 Å². The van der Waals surface area contributed by atoms with Gasteiger partial charge in [0.2, 0.25) is 0 Å². The van der Waals surface area contributed by atoms with Crippen molar-refractivity contribution in [2.24, 2.45) is 5.92 Å². The zero-order valence-electron chi connectivity index (χ0n) is 11.4. The van der Waals surface area contributed by atoms with E-state index in [1.807, 2.05) is 18.2 Å². The Bertz CT molecular complexity index is 392. The van der Waals surface area contributed by atoms with E-state index < -0.39 is 0 Å². The van der Waals surface area contributed by atoms with E-state index in [4.69, 9.17) is 10.5 Å². The second kappa shape index (κ2) is 5.98. The molecule has 1 saturated carbocycles. The van der Waals surface area contributed by atoms with Crippen LogP contribution in [0.3, 0.4) is 0 Å². The molecule has 2 rings (SSSR count). The number of anilines is 2. The Morgan fingerprint density at radius 1 is 1.33 bits per heavy atom. The van der Waals surface area contributed by atoms with E-state index in [9.17, 15) is 0 Å². The number of benzene rings is 1. The van der Waals surface area contributed by atoms with Crippen molar-refractivity contribution in [3.05, 3.63) is 18.2 Å². The second-order valence-electron chi connectivity index (χ2n) is 5.14. The first-order chi connectivity index (χ1) is 8.74. The number of rotatable bonds is 7. The number of ether oxygens (including phenoxy) is 1. The molecule has 1 aromatic rings. The molecule has 3 N–H and O–H groups in total. The third kappa shape index (κ3) is 3.31. The lowest BCUT2D eigenvalue weighted by Crippen LogP contribution is -2.06. The lowest BCUT2D eigenvalue weighted by atomic mass is 10.2. The van der Waals surface area contributed by atoms with Crippen LogP contribution >= 0.6 is 0 Å². The van der Waals surface area contributed by atoms with E-state index in [1.54, 1.807) is 0 Å². The van der Waals surface area contributed by atoms with E-state index in [1.165, 1.54) is 19.3 Å². The first-order valence-electron chi connectivity index (χ1n) is 7.03. The predicted molar refractivity (Wildman–Crippen MR) is 77.1 cm³/mol. The molecular formula is C15H24N2O. The highest BCUT2D eigenvalue weighted by molar-refractivity contribution is 5.62. The molecule has 2 unspecified atom stereocenters. The fourth-order valence-corrected chi connectivity index (χ4v) is 2.29. The van der Waals surface area contributed by atoms with Crippen LogP contribution in [0.4, 0.5) is 11.4 Å². The first kappa shape index (κ1) is 13.1. The first-order valence-corrected chi connectivity index (χ1v) is 7.03. The Morgan fingerprint density at radius 3 is 2.89 bits per heavy atom. The highest BCUT2D eigenvalue weighted by atomic mass is 16.5. The molecule has 0 heterocycles. The number of hydrogen-bond acceptors (Lipinski definition) is 3. The van der Waals surface area contributed by atoms with Gasteiger partial charge in [0, 0.05) is 17.8 Å². The minimum Gasteiger partial charge on any atom is -0.491 e. The van der Waals surface area contributed by atoms with E-state index >= 15 is 0 Å². The van der Waals surface area contributed by atoms with Gasteiger partial charge in [-0.3, -0.25) is 0 Å². The maximum absolute atomic E-state index is 5.90. The van der Waals surface area contributed by atoms with Gasteiger partial charge in [0.1, 0.15) is 5.75 Å². The molecule has 0 aromatic heterocycles. The van der Waals surface area contributed by atoms with Crippen LogP contribution in [0, 0.1) is 5.92 Å². The van der Waals surface area contributed by atoms with Gasteiger partial charge in [0.25, 0.3) is 0 Å². The normalized spacial score (nSPS) is 21.7. The summed E-state index contributed by atoms with van der Waals surface area (Å²) in [5.74, 6) is 1.65. The monoisotopic (exact) mass is 248 g/mol. The molecule has 3 heteroatoms. The largest absolute Gasteiger partial charge is 0.491 e. The van der Waals surface area contributed by atoms with Crippen molar-refractivity contribution < 1.29 is 4.74 Å². The second-order valence-corrected chi connectivity index (χ2v) is 5.14. The summed E-state index contributed by atoms with van der Waals surface area (Å²) in [5.41, 5.74) is 7.74. The van der Waals surface area contributed by atoms with Gasteiger partial charge >= 0.3 is 0 Å². The van der Waals surface area contributed by atoms with E-state index in [-0.39, 0.29) is 0 Å². The molecule has 1 aliphatic rings. The smallest absolute Gasteiger partial charge is 0.144 e. The van der Waals surface area contributed by atoms with Crippen LogP contribution in [0.5, 0.6) is 5.75 Å². The Kier molecular flexibility index (Phi) is 4.34. The van der Waals surface area contributed by atoms with E-state index in [0.717, 1.165) is 36.1 Å². The quantitative estimate of drug-likeness (QED) is 0.724. The summed E-state index contributed by atoms with van der Waals surface area (Å²) in [6, 6.07) is 6.62. The summed E-state index contributed by atoms with van der Waals surface area (Å²) < 4.78 is 5.64. The van der Waals surface area contributed by atoms with Gasteiger partial charge in [-0.15, -0.1) is 0 Å². The summed E-state index contributed by atoms with van der Waals surface area (Å²) in [5, 5.41) is 3.56. The van der Waals surface area contributed by atoms with Crippen molar-refractivity contribution in [2.45, 2.75) is 45.6 Å². The van der Waals surface area contributed by atoms with Crippen LogP contribution in [-0.4, -0.2) is 12.6 Å². The standard InChI is InChI=1S/C15H24N2O/c1-3-5-11-9-14(11)17-12-6-7-13(16)15(10-12)18-8-4-2/h6-7,10-11,14,17H,3-5,8-9,16H2,1-2H3. The van der Waals surface area contributed by atoms with E-state index in [0.29, 0.717) is 6.04 Å². The highest BCUT2D eigenvalue weighted by Crippen LogP contribution is 2.38. The molecule has 1 aromatic carbocycles. The fraction of sp³-hybridized carbons (Fsp3) is 0.600.